The van der Waals surface area contributed by atoms with E-state index >= 15 is 0 Å². The summed E-state index contributed by atoms with van der Waals surface area (Å²) in [4.78, 5) is 0. The molecule has 2 heterocycles. The van der Waals surface area contributed by atoms with Gasteiger partial charge in [-0.25, -0.2) is 0 Å². The van der Waals surface area contributed by atoms with Gasteiger partial charge >= 0.3 is 6.18 Å². The van der Waals surface area contributed by atoms with Crippen LogP contribution in [0.15, 0.2) is 12.1 Å². The second-order valence-corrected chi connectivity index (χ2v) is 5.12. The van der Waals surface area contributed by atoms with E-state index in [1.54, 1.807) is 6.92 Å². The van der Waals surface area contributed by atoms with Crippen molar-refractivity contribution >= 4 is 5.69 Å². The Morgan fingerprint density at radius 1 is 1.28 bits per heavy atom. The zero-order chi connectivity index (χ0) is 12.9. The fourth-order valence-corrected chi connectivity index (χ4v) is 3.03. The molecule has 98 valence electrons. The molecule has 0 radical (unpaired) electrons. The van der Waals surface area contributed by atoms with Crippen molar-refractivity contribution in [2.75, 3.05) is 18.4 Å². The summed E-state index contributed by atoms with van der Waals surface area (Å²) in [6, 6.07) is 3.26. The van der Waals surface area contributed by atoms with Gasteiger partial charge in [0.15, 0.2) is 0 Å². The van der Waals surface area contributed by atoms with Gasteiger partial charge in [0, 0.05) is 18.5 Å². The van der Waals surface area contributed by atoms with E-state index in [0.717, 1.165) is 25.1 Å². The van der Waals surface area contributed by atoms with Crippen molar-refractivity contribution in [3.05, 3.63) is 28.8 Å². The first-order chi connectivity index (χ1) is 8.47. The van der Waals surface area contributed by atoms with Gasteiger partial charge in [-0.05, 0) is 31.5 Å². The molecule has 0 aliphatic carbocycles. The number of rotatable bonds is 0. The van der Waals surface area contributed by atoms with Crippen molar-refractivity contribution in [2.45, 2.75) is 31.5 Å². The zero-order valence-electron chi connectivity index (χ0n) is 10.1. The van der Waals surface area contributed by atoms with E-state index in [-0.39, 0.29) is 12.0 Å². The van der Waals surface area contributed by atoms with E-state index in [0.29, 0.717) is 11.3 Å². The highest BCUT2D eigenvalue weighted by atomic mass is 19.4. The van der Waals surface area contributed by atoms with E-state index in [9.17, 15) is 13.2 Å². The SMILES string of the molecule is Cc1cc2c(c(C(F)(F)F)c1)NC1CCNCC21. The third-order valence-electron chi connectivity index (χ3n) is 3.83. The van der Waals surface area contributed by atoms with E-state index in [4.69, 9.17) is 0 Å². The molecule has 0 saturated carbocycles. The van der Waals surface area contributed by atoms with Crippen molar-refractivity contribution in [3.8, 4) is 0 Å². The van der Waals surface area contributed by atoms with E-state index in [2.05, 4.69) is 10.6 Å². The van der Waals surface area contributed by atoms with Gasteiger partial charge in [0.05, 0.1) is 11.3 Å². The van der Waals surface area contributed by atoms with E-state index in [1.165, 1.54) is 6.07 Å². The van der Waals surface area contributed by atoms with Gasteiger partial charge in [0.25, 0.3) is 0 Å². The lowest BCUT2D eigenvalue weighted by Gasteiger charge is -2.26. The van der Waals surface area contributed by atoms with Gasteiger partial charge in [0.1, 0.15) is 0 Å². The lowest BCUT2D eigenvalue weighted by atomic mass is 9.89. The van der Waals surface area contributed by atoms with Crippen LogP contribution in [0, 0.1) is 6.92 Å². The number of halogens is 3. The number of alkyl halides is 3. The van der Waals surface area contributed by atoms with Crippen LogP contribution in [0.5, 0.6) is 0 Å². The van der Waals surface area contributed by atoms with Gasteiger partial charge < -0.3 is 10.6 Å². The van der Waals surface area contributed by atoms with Crippen LogP contribution >= 0.6 is 0 Å². The number of hydrogen-bond donors (Lipinski definition) is 2. The average molecular weight is 256 g/mol. The van der Waals surface area contributed by atoms with Crippen LogP contribution in [0.2, 0.25) is 0 Å². The minimum Gasteiger partial charge on any atom is -0.381 e. The summed E-state index contributed by atoms with van der Waals surface area (Å²) in [5.41, 5.74) is 1.27. The molecule has 3 rings (SSSR count). The van der Waals surface area contributed by atoms with Gasteiger partial charge in [-0.1, -0.05) is 11.6 Å². The lowest BCUT2D eigenvalue weighted by Crippen LogP contribution is -2.38. The summed E-state index contributed by atoms with van der Waals surface area (Å²) in [6.45, 7) is 3.34. The molecule has 0 spiro atoms. The van der Waals surface area contributed by atoms with Crippen LogP contribution in [0.4, 0.5) is 18.9 Å². The summed E-state index contributed by atoms with van der Waals surface area (Å²) >= 11 is 0. The van der Waals surface area contributed by atoms with Crippen molar-refractivity contribution in [1.29, 1.82) is 0 Å². The van der Waals surface area contributed by atoms with Crippen LogP contribution in [-0.2, 0) is 6.18 Å². The molecule has 1 aromatic rings. The Morgan fingerprint density at radius 2 is 2.06 bits per heavy atom. The molecular weight excluding hydrogens is 241 g/mol. The summed E-state index contributed by atoms with van der Waals surface area (Å²) in [7, 11) is 0. The van der Waals surface area contributed by atoms with Crippen LogP contribution < -0.4 is 10.6 Å². The second-order valence-electron chi connectivity index (χ2n) is 5.12. The van der Waals surface area contributed by atoms with E-state index in [1.807, 2.05) is 6.07 Å². The number of nitrogens with one attached hydrogen (secondary N) is 2. The Bertz CT molecular complexity index is 482. The summed E-state index contributed by atoms with van der Waals surface area (Å²) in [5.74, 6) is 0.162. The molecular formula is C13H15F3N2. The average Bonchev–Trinajstić information content (AvgIpc) is 2.65. The second kappa shape index (κ2) is 3.88. The molecule has 18 heavy (non-hydrogen) atoms. The Hall–Kier alpha value is -1.23. The molecule has 2 N–H and O–H groups in total. The number of benzene rings is 1. The summed E-state index contributed by atoms with van der Waals surface area (Å²) < 4.78 is 39.1. The quantitative estimate of drug-likeness (QED) is 0.746. The molecule has 2 nitrogen and oxygen atoms in total. The molecule has 2 atom stereocenters. The fraction of sp³-hybridized carbons (Fsp3) is 0.538. The van der Waals surface area contributed by atoms with Gasteiger partial charge in [-0.15, -0.1) is 0 Å². The van der Waals surface area contributed by atoms with Crippen molar-refractivity contribution < 1.29 is 13.2 Å². The van der Waals surface area contributed by atoms with Gasteiger partial charge in [-0.2, -0.15) is 13.2 Å². The fourth-order valence-electron chi connectivity index (χ4n) is 3.03. The van der Waals surface area contributed by atoms with Crippen LogP contribution in [0.25, 0.3) is 0 Å². The van der Waals surface area contributed by atoms with Crippen molar-refractivity contribution in [3.63, 3.8) is 0 Å². The molecule has 0 bridgehead atoms. The van der Waals surface area contributed by atoms with Crippen molar-refractivity contribution in [1.82, 2.24) is 5.32 Å². The number of hydrogen-bond acceptors (Lipinski definition) is 2. The molecule has 1 fully saturated rings. The lowest BCUT2D eigenvalue weighted by molar-refractivity contribution is -0.137. The summed E-state index contributed by atoms with van der Waals surface area (Å²) in [5, 5.41) is 6.33. The Labute approximate surface area is 104 Å². The smallest absolute Gasteiger partial charge is 0.381 e. The minimum atomic E-state index is -4.29. The first kappa shape index (κ1) is 11.8. The largest absolute Gasteiger partial charge is 0.418 e. The molecule has 2 aliphatic heterocycles. The predicted octanol–water partition coefficient (Wildman–Crippen LogP) is 2.88. The third-order valence-corrected chi connectivity index (χ3v) is 3.83. The number of piperidine rings is 1. The molecule has 5 heteroatoms. The maximum Gasteiger partial charge on any atom is 0.418 e. The molecule has 1 saturated heterocycles. The maximum atomic E-state index is 13.0. The van der Waals surface area contributed by atoms with E-state index < -0.39 is 11.7 Å². The molecule has 0 amide bonds. The van der Waals surface area contributed by atoms with Crippen LogP contribution in [-0.4, -0.2) is 19.1 Å². The topological polar surface area (TPSA) is 24.1 Å². The van der Waals surface area contributed by atoms with Crippen LogP contribution in [0.1, 0.15) is 29.0 Å². The first-order valence-corrected chi connectivity index (χ1v) is 6.16. The number of fused-ring (bicyclic) bond motifs is 3. The highest BCUT2D eigenvalue weighted by Gasteiger charge is 2.41. The third kappa shape index (κ3) is 1.77. The Balaban J connectivity index is 2.11. The Morgan fingerprint density at radius 3 is 2.78 bits per heavy atom. The summed E-state index contributed by atoms with van der Waals surface area (Å²) in [6.07, 6.45) is -3.42. The normalized spacial score (nSPS) is 26.4. The molecule has 2 unspecified atom stereocenters. The standard InChI is InChI=1S/C13H15F3N2/c1-7-4-8-9-6-17-3-2-11(9)18-12(8)10(5-7)13(14,15)16/h4-5,9,11,17-18H,2-3,6H2,1H3. The molecule has 0 aromatic heterocycles. The van der Waals surface area contributed by atoms with Gasteiger partial charge in [-0.3, -0.25) is 0 Å². The Kier molecular flexibility index (Phi) is 2.55. The molecule has 2 aliphatic rings. The predicted molar refractivity (Wildman–Crippen MR) is 63.8 cm³/mol. The zero-order valence-corrected chi connectivity index (χ0v) is 10.1. The van der Waals surface area contributed by atoms with Crippen LogP contribution in [0.3, 0.4) is 0 Å². The number of aryl methyl sites for hydroxylation is 1. The highest BCUT2D eigenvalue weighted by Crippen LogP contribution is 2.46. The minimum absolute atomic E-state index is 0.143. The molecule has 1 aromatic carbocycles. The monoisotopic (exact) mass is 256 g/mol. The maximum absolute atomic E-state index is 13.0. The van der Waals surface area contributed by atoms with Crippen molar-refractivity contribution in [2.24, 2.45) is 0 Å². The van der Waals surface area contributed by atoms with Gasteiger partial charge in [0.2, 0.25) is 0 Å². The first-order valence-electron chi connectivity index (χ1n) is 6.16. The number of anilines is 1. The highest BCUT2D eigenvalue weighted by molar-refractivity contribution is 5.66.